The Morgan fingerprint density at radius 3 is 2.77 bits per heavy atom. The van der Waals surface area contributed by atoms with E-state index >= 15 is 0 Å². The lowest BCUT2D eigenvalue weighted by Gasteiger charge is -2.19. The smallest absolute Gasteiger partial charge is 0.341 e. The fourth-order valence-electron chi connectivity index (χ4n) is 2.42. The molecular weight excluding hydrogens is 286 g/mol. The highest BCUT2D eigenvalue weighted by molar-refractivity contribution is 5.94. The van der Waals surface area contributed by atoms with E-state index in [9.17, 15) is 9.90 Å². The minimum absolute atomic E-state index is 0.145. The van der Waals surface area contributed by atoms with Crippen LogP contribution in [0.15, 0.2) is 30.5 Å². The molecule has 0 fully saturated rings. The van der Waals surface area contributed by atoms with Crippen molar-refractivity contribution in [2.75, 3.05) is 26.1 Å². The number of benzene rings is 1. The number of methoxy groups -OCH3 is 2. The van der Waals surface area contributed by atoms with Gasteiger partial charge in [0.2, 0.25) is 0 Å². The molecule has 1 aromatic carbocycles. The number of ether oxygens (including phenoxy) is 2. The van der Waals surface area contributed by atoms with E-state index in [2.05, 4.69) is 10.4 Å². The number of anilines is 1. The van der Waals surface area contributed by atoms with Crippen LogP contribution in [0.4, 0.5) is 5.82 Å². The molecule has 0 saturated heterocycles. The van der Waals surface area contributed by atoms with Gasteiger partial charge in [0.1, 0.15) is 11.4 Å². The van der Waals surface area contributed by atoms with Crippen molar-refractivity contribution in [1.82, 2.24) is 9.78 Å². The summed E-state index contributed by atoms with van der Waals surface area (Å²) in [4.78, 5) is 11.2. The van der Waals surface area contributed by atoms with Crippen LogP contribution in [0.2, 0.25) is 0 Å². The van der Waals surface area contributed by atoms with E-state index in [-0.39, 0.29) is 5.56 Å². The third-order valence-corrected chi connectivity index (χ3v) is 3.47. The van der Waals surface area contributed by atoms with Gasteiger partial charge in [-0.25, -0.2) is 9.48 Å². The van der Waals surface area contributed by atoms with Crippen LogP contribution in [0.25, 0.3) is 5.70 Å². The quantitative estimate of drug-likeness (QED) is 0.897. The first-order valence-corrected chi connectivity index (χ1v) is 6.64. The molecule has 7 heteroatoms. The predicted octanol–water partition coefficient (Wildman–Crippen LogP) is 1.91. The average Bonchev–Trinajstić information content (AvgIpc) is 2.98. The molecule has 0 atom stereocenters. The second-order valence-corrected chi connectivity index (χ2v) is 4.66. The zero-order valence-electron chi connectivity index (χ0n) is 12.2. The molecule has 0 bridgehead atoms. The lowest BCUT2D eigenvalue weighted by atomic mass is 10.1. The molecule has 22 heavy (non-hydrogen) atoms. The Bertz CT molecular complexity index is 764. The van der Waals surface area contributed by atoms with Crippen LogP contribution in [0.1, 0.15) is 15.9 Å². The van der Waals surface area contributed by atoms with Gasteiger partial charge in [-0.2, -0.15) is 5.10 Å². The van der Waals surface area contributed by atoms with Crippen LogP contribution < -0.4 is 14.8 Å². The number of aromatic carboxylic acids is 1. The van der Waals surface area contributed by atoms with Gasteiger partial charge in [0.25, 0.3) is 0 Å². The summed E-state index contributed by atoms with van der Waals surface area (Å²) in [5.74, 6) is 0.696. The van der Waals surface area contributed by atoms with E-state index in [0.717, 1.165) is 11.3 Å². The average molecular weight is 301 g/mol. The summed E-state index contributed by atoms with van der Waals surface area (Å²) in [5, 5.41) is 16.4. The Balaban J connectivity index is 2.07. The van der Waals surface area contributed by atoms with Crippen molar-refractivity contribution in [3.63, 3.8) is 0 Å². The Morgan fingerprint density at radius 2 is 2.09 bits per heavy atom. The fourth-order valence-corrected chi connectivity index (χ4v) is 2.42. The van der Waals surface area contributed by atoms with Crippen molar-refractivity contribution >= 4 is 17.5 Å². The van der Waals surface area contributed by atoms with Crippen LogP contribution in [-0.2, 0) is 0 Å². The van der Waals surface area contributed by atoms with Crippen molar-refractivity contribution in [3.05, 3.63) is 41.6 Å². The summed E-state index contributed by atoms with van der Waals surface area (Å²) >= 11 is 0. The third-order valence-electron chi connectivity index (χ3n) is 3.47. The molecule has 1 aliphatic heterocycles. The Labute approximate surface area is 126 Å². The molecule has 0 amide bonds. The molecule has 2 aromatic rings. The van der Waals surface area contributed by atoms with E-state index < -0.39 is 5.97 Å². The number of nitrogens with zero attached hydrogens (tertiary/aromatic N) is 2. The normalized spacial score (nSPS) is 12.9. The van der Waals surface area contributed by atoms with Gasteiger partial charge in [0.15, 0.2) is 11.5 Å². The summed E-state index contributed by atoms with van der Waals surface area (Å²) in [6.45, 7) is 0.523. The van der Waals surface area contributed by atoms with Gasteiger partial charge in [-0.1, -0.05) is 0 Å². The maximum Gasteiger partial charge on any atom is 0.341 e. The second kappa shape index (κ2) is 5.44. The molecular formula is C15H15N3O4. The van der Waals surface area contributed by atoms with Crippen LogP contribution in [0.5, 0.6) is 11.5 Å². The number of carboxylic acids is 1. The van der Waals surface area contributed by atoms with Gasteiger partial charge in [-0.05, 0) is 24.3 Å². The molecule has 3 rings (SSSR count). The predicted molar refractivity (Wildman–Crippen MR) is 80.6 cm³/mol. The number of carboxylic acid groups (broad SMARTS) is 1. The highest BCUT2D eigenvalue weighted by Crippen LogP contribution is 2.33. The van der Waals surface area contributed by atoms with Gasteiger partial charge in [0, 0.05) is 12.1 Å². The molecule has 114 valence electrons. The highest BCUT2D eigenvalue weighted by atomic mass is 16.5. The van der Waals surface area contributed by atoms with E-state index in [0.29, 0.717) is 23.9 Å². The Kier molecular flexibility index (Phi) is 3.46. The minimum Gasteiger partial charge on any atom is -0.493 e. The molecule has 1 aliphatic rings. The molecule has 2 N–H and O–H groups in total. The lowest BCUT2D eigenvalue weighted by Crippen LogP contribution is -2.16. The summed E-state index contributed by atoms with van der Waals surface area (Å²) in [5.41, 5.74) is 1.80. The van der Waals surface area contributed by atoms with E-state index in [1.165, 1.54) is 6.20 Å². The highest BCUT2D eigenvalue weighted by Gasteiger charge is 2.22. The number of carbonyl (C=O) groups is 1. The molecule has 0 saturated carbocycles. The Morgan fingerprint density at radius 1 is 1.32 bits per heavy atom. The van der Waals surface area contributed by atoms with Crippen molar-refractivity contribution < 1.29 is 19.4 Å². The second-order valence-electron chi connectivity index (χ2n) is 4.66. The summed E-state index contributed by atoms with van der Waals surface area (Å²) in [7, 11) is 3.15. The number of fused-ring (bicyclic) bond motifs is 1. The van der Waals surface area contributed by atoms with Gasteiger partial charge in [0.05, 0.1) is 26.1 Å². The standard InChI is InChI=1S/C15H15N3O4/c1-21-12-4-3-9(7-13(12)22-2)11-5-6-16-14-10(15(19)20)8-17-18(11)14/h3-5,7-8,16H,6H2,1-2H3,(H,19,20). The van der Waals surface area contributed by atoms with Crippen molar-refractivity contribution in [2.24, 2.45) is 0 Å². The van der Waals surface area contributed by atoms with E-state index in [4.69, 9.17) is 9.47 Å². The maximum absolute atomic E-state index is 11.2. The molecule has 0 radical (unpaired) electrons. The number of hydrogen-bond donors (Lipinski definition) is 2. The van der Waals surface area contributed by atoms with Crippen LogP contribution in [0, 0.1) is 0 Å². The molecule has 1 aromatic heterocycles. The first-order valence-electron chi connectivity index (χ1n) is 6.64. The summed E-state index contributed by atoms with van der Waals surface area (Å²) < 4.78 is 12.1. The van der Waals surface area contributed by atoms with Crippen LogP contribution in [0.3, 0.4) is 0 Å². The zero-order chi connectivity index (χ0) is 15.7. The number of rotatable bonds is 4. The summed E-state index contributed by atoms with van der Waals surface area (Å²) in [6.07, 6.45) is 3.28. The SMILES string of the molecule is COc1ccc(C2=CCNc3c(C(=O)O)cnn32)cc1OC. The topological polar surface area (TPSA) is 85.6 Å². The van der Waals surface area contributed by atoms with Crippen molar-refractivity contribution in [3.8, 4) is 11.5 Å². The first-order chi connectivity index (χ1) is 10.7. The fraction of sp³-hybridized carbons (Fsp3) is 0.200. The number of aromatic nitrogens is 2. The number of nitrogens with one attached hydrogen (secondary N) is 1. The van der Waals surface area contributed by atoms with Crippen molar-refractivity contribution in [2.45, 2.75) is 0 Å². The summed E-state index contributed by atoms with van der Waals surface area (Å²) in [6, 6.07) is 5.52. The van der Waals surface area contributed by atoms with Gasteiger partial charge >= 0.3 is 5.97 Å². The third kappa shape index (κ3) is 2.16. The maximum atomic E-state index is 11.2. The van der Waals surface area contributed by atoms with Gasteiger partial charge < -0.3 is 19.9 Å². The van der Waals surface area contributed by atoms with Crippen molar-refractivity contribution in [1.29, 1.82) is 0 Å². The van der Waals surface area contributed by atoms with Crippen LogP contribution in [-0.4, -0.2) is 41.6 Å². The van der Waals surface area contributed by atoms with Gasteiger partial charge in [-0.15, -0.1) is 0 Å². The minimum atomic E-state index is -1.01. The zero-order valence-corrected chi connectivity index (χ0v) is 12.2. The molecule has 0 unspecified atom stereocenters. The van der Waals surface area contributed by atoms with E-state index in [1.54, 1.807) is 25.0 Å². The first kappa shape index (κ1) is 14.0. The molecule has 2 heterocycles. The van der Waals surface area contributed by atoms with Crippen LogP contribution >= 0.6 is 0 Å². The molecule has 7 nitrogen and oxygen atoms in total. The lowest BCUT2D eigenvalue weighted by molar-refractivity contribution is 0.0698. The largest absolute Gasteiger partial charge is 0.493 e. The van der Waals surface area contributed by atoms with Gasteiger partial charge in [-0.3, -0.25) is 0 Å². The monoisotopic (exact) mass is 301 g/mol. The Hall–Kier alpha value is -2.96. The number of hydrogen-bond acceptors (Lipinski definition) is 5. The molecule has 0 aliphatic carbocycles. The molecule has 0 spiro atoms. The van der Waals surface area contributed by atoms with E-state index in [1.807, 2.05) is 18.2 Å².